The van der Waals surface area contributed by atoms with Crippen molar-refractivity contribution in [2.24, 2.45) is 73.1 Å². The zero-order valence-electron chi connectivity index (χ0n) is 28.1. The van der Waals surface area contributed by atoms with E-state index in [9.17, 15) is 20.1 Å². The second-order valence-corrected chi connectivity index (χ2v) is 16.4. The summed E-state index contributed by atoms with van der Waals surface area (Å²) in [6, 6.07) is 0. The summed E-state index contributed by atoms with van der Waals surface area (Å²) in [5, 5.41) is 39.5. The first-order valence-corrected chi connectivity index (χ1v) is 16.4. The Labute approximate surface area is 259 Å². The molecule has 4 saturated carbocycles. The predicted molar refractivity (Wildman–Crippen MR) is 171 cm³/mol. The molecule has 1 unspecified atom stereocenters. The maximum absolute atomic E-state index is 12.8. The lowest BCUT2D eigenvalue weighted by Gasteiger charge is -2.71. The van der Waals surface area contributed by atoms with E-state index in [4.69, 9.17) is 16.9 Å². The van der Waals surface area contributed by atoms with Gasteiger partial charge in [-0.25, -0.2) is 0 Å². The minimum Gasteiger partial charge on any atom is -0.481 e. The highest BCUT2D eigenvalue weighted by atomic mass is 16.4. The number of rotatable bonds is 1. The Hall–Kier alpha value is -2.13. The first-order valence-electron chi connectivity index (χ1n) is 16.4. The molecule has 5 aliphatic carbocycles. The van der Waals surface area contributed by atoms with Crippen LogP contribution in [0.1, 0.15) is 99.8 Å². The van der Waals surface area contributed by atoms with Crippen molar-refractivity contribution in [1.82, 2.24) is 4.90 Å². The molecule has 4 fully saturated rings. The van der Waals surface area contributed by atoms with Crippen LogP contribution in [0.2, 0.25) is 0 Å². The number of nitrogens with zero attached hydrogens (tertiary/aromatic N) is 2. The summed E-state index contributed by atoms with van der Waals surface area (Å²) >= 11 is 0. The van der Waals surface area contributed by atoms with Gasteiger partial charge in [-0.2, -0.15) is 4.99 Å². The lowest BCUT2D eigenvalue weighted by atomic mass is 9.33. The molecule has 0 bridgehead atoms. The Morgan fingerprint density at radius 2 is 1.63 bits per heavy atom. The molecule has 5 rings (SSSR count). The Kier molecular flexibility index (Phi) is 8.67. The number of aliphatic hydroxyl groups is 2. The van der Waals surface area contributed by atoms with Gasteiger partial charge in [0, 0.05) is 14.1 Å². The van der Waals surface area contributed by atoms with Crippen LogP contribution in [0, 0.1) is 62.1 Å². The van der Waals surface area contributed by atoms with Crippen LogP contribution in [-0.4, -0.2) is 64.4 Å². The molecule has 0 spiro atoms. The van der Waals surface area contributed by atoms with Crippen molar-refractivity contribution in [3.05, 3.63) is 11.6 Å². The molecule has 8 N–H and O–H groups in total. The van der Waals surface area contributed by atoms with E-state index in [1.165, 1.54) is 10.5 Å². The number of nitrogens with two attached hydrogens (primary N) is 2. The summed E-state index contributed by atoms with van der Waals surface area (Å²) < 4.78 is 0. The number of carboxylic acids is 1. The number of hydrogen-bond acceptors (Lipinski definition) is 4. The van der Waals surface area contributed by atoms with Crippen molar-refractivity contribution in [3.8, 4) is 0 Å². The van der Waals surface area contributed by atoms with E-state index in [-0.39, 0.29) is 39.5 Å². The fourth-order valence-corrected chi connectivity index (χ4v) is 11.2. The highest BCUT2D eigenvalue weighted by Gasteiger charge is 2.70. The van der Waals surface area contributed by atoms with Crippen molar-refractivity contribution >= 4 is 17.9 Å². The number of nitrogens with one attached hydrogen (secondary N) is 1. The number of aliphatic imine (C=N–C) groups is 1. The van der Waals surface area contributed by atoms with Gasteiger partial charge in [0.25, 0.3) is 0 Å². The summed E-state index contributed by atoms with van der Waals surface area (Å²) in [4.78, 5) is 17.8. The maximum atomic E-state index is 12.8. The molecular formula is C34H59N5O4. The Morgan fingerprint density at radius 3 is 2.16 bits per heavy atom. The fourth-order valence-electron chi connectivity index (χ4n) is 11.2. The van der Waals surface area contributed by atoms with Gasteiger partial charge in [0.1, 0.15) is 0 Å². The third-order valence-corrected chi connectivity index (χ3v) is 14.0. The Morgan fingerprint density at radius 1 is 1.00 bits per heavy atom. The van der Waals surface area contributed by atoms with Crippen LogP contribution >= 0.6 is 0 Å². The van der Waals surface area contributed by atoms with Crippen molar-refractivity contribution in [1.29, 1.82) is 5.41 Å². The highest BCUT2D eigenvalue weighted by Crippen LogP contribution is 2.75. The van der Waals surface area contributed by atoms with E-state index in [2.05, 4.69) is 59.5 Å². The van der Waals surface area contributed by atoms with Gasteiger partial charge in [-0.1, -0.05) is 60.1 Å². The number of allylic oxidation sites excluding steroid dienone is 2. The minimum absolute atomic E-state index is 0.00993. The molecule has 9 heteroatoms. The third-order valence-electron chi connectivity index (χ3n) is 14.0. The van der Waals surface area contributed by atoms with E-state index >= 15 is 0 Å². The Bertz CT molecular complexity index is 1180. The molecule has 11 atom stereocenters. The average molecular weight is 602 g/mol. The van der Waals surface area contributed by atoms with Gasteiger partial charge in [-0.15, -0.1) is 0 Å². The van der Waals surface area contributed by atoms with Crippen LogP contribution in [0.5, 0.6) is 0 Å². The smallest absolute Gasteiger partial charge is 0.310 e. The zero-order valence-corrected chi connectivity index (χ0v) is 28.1. The monoisotopic (exact) mass is 601 g/mol. The molecule has 0 aliphatic heterocycles. The van der Waals surface area contributed by atoms with E-state index in [0.717, 1.165) is 44.9 Å². The van der Waals surface area contributed by atoms with E-state index in [0.29, 0.717) is 30.1 Å². The quantitative estimate of drug-likeness (QED) is 0.142. The molecule has 5 aliphatic rings. The molecule has 244 valence electrons. The van der Waals surface area contributed by atoms with E-state index in [1.807, 2.05) is 0 Å². The van der Waals surface area contributed by atoms with Gasteiger partial charge in [0.2, 0.25) is 5.96 Å². The molecule has 0 radical (unpaired) electrons. The number of aliphatic carboxylic acids is 1. The largest absolute Gasteiger partial charge is 0.481 e. The van der Waals surface area contributed by atoms with E-state index in [1.54, 1.807) is 14.1 Å². The lowest BCUT2D eigenvalue weighted by molar-refractivity contribution is -0.232. The van der Waals surface area contributed by atoms with Crippen molar-refractivity contribution in [2.45, 2.75) is 112 Å². The van der Waals surface area contributed by atoms with Crippen molar-refractivity contribution in [3.63, 3.8) is 0 Å². The molecular weight excluding hydrogens is 542 g/mol. The van der Waals surface area contributed by atoms with Gasteiger partial charge in [0.15, 0.2) is 5.96 Å². The highest BCUT2D eigenvalue weighted by molar-refractivity contribution is 5.91. The number of fused-ring (bicyclic) bond motifs is 7. The number of hydrogen-bond donors (Lipinski definition) is 6. The minimum atomic E-state index is -0.679. The maximum Gasteiger partial charge on any atom is 0.310 e. The first kappa shape index (κ1) is 33.8. The lowest BCUT2D eigenvalue weighted by Crippen LogP contribution is -2.67. The third kappa shape index (κ3) is 4.91. The second-order valence-electron chi connectivity index (χ2n) is 16.4. The van der Waals surface area contributed by atoms with Gasteiger partial charge in [0.05, 0.1) is 17.6 Å². The van der Waals surface area contributed by atoms with Gasteiger partial charge in [-0.3, -0.25) is 10.2 Å². The standard InChI is InChI=1S/C30H48O4.C4H11N5/c1-17-10-13-30(25(33)34)15-14-28(6)19(23(30)18(17)2)8-9-22-27(5)16-20(31)24(32)26(3,4)21(27)11-12-29(22,28)7;1-9(2)4(7)8-3(5)6/h8,17-18,20-24,31-32H,9-16H2,1-7H3,(H,33,34);1-2H3,(H5,5,6,7,8)/t17-,18+,20-,21+,22-,23?,24+,27+,28-,29-,30+;/m1./s1. The number of carboxylic acid groups (broad SMARTS) is 1. The van der Waals surface area contributed by atoms with Gasteiger partial charge >= 0.3 is 5.97 Å². The predicted octanol–water partition coefficient (Wildman–Crippen LogP) is 4.82. The normalized spacial score (nSPS) is 46.2. The van der Waals surface area contributed by atoms with Crippen molar-refractivity contribution in [2.75, 3.05) is 14.1 Å². The summed E-state index contributed by atoms with van der Waals surface area (Å²) in [6.07, 6.45) is 8.53. The van der Waals surface area contributed by atoms with Crippen LogP contribution in [0.25, 0.3) is 0 Å². The van der Waals surface area contributed by atoms with Crippen LogP contribution < -0.4 is 11.5 Å². The van der Waals surface area contributed by atoms with Crippen molar-refractivity contribution < 1.29 is 20.1 Å². The summed E-state index contributed by atoms with van der Waals surface area (Å²) in [6.45, 7) is 16.3. The SMILES string of the molecule is CN(C)C(=N)N=C(N)N.C[C@@H]1CC[C@]2(C(=O)O)CC[C@]3(C)C(=CC[C@@H]4[C@@]5(C)C[C@@H](O)[C@H](O)C(C)(C)[C@@H]5CC[C@]43C)C2[C@H]1C. The average Bonchev–Trinajstić information content (AvgIpc) is 2.89. The Balaban J connectivity index is 0.000000410. The van der Waals surface area contributed by atoms with E-state index < -0.39 is 23.6 Å². The number of carbonyl (C=O) groups is 1. The van der Waals surface area contributed by atoms with Crippen LogP contribution in [0.3, 0.4) is 0 Å². The fraction of sp³-hybridized carbons (Fsp3) is 0.853. The van der Waals surface area contributed by atoms with Crippen LogP contribution in [-0.2, 0) is 4.79 Å². The number of aliphatic hydroxyl groups excluding tert-OH is 2. The molecule has 43 heavy (non-hydrogen) atoms. The molecule has 0 aromatic heterocycles. The van der Waals surface area contributed by atoms with Gasteiger partial charge in [-0.05, 0) is 103 Å². The van der Waals surface area contributed by atoms with Crippen LogP contribution in [0.4, 0.5) is 0 Å². The molecule has 0 heterocycles. The molecule has 9 nitrogen and oxygen atoms in total. The second kappa shape index (κ2) is 11.0. The summed E-state index contributed by atoms with van der Waals surface area (Å²) in [5.74, 6) is 1.26. The first-order chi connectivity index (χ1) is 19.7. The molecule has 0 saturated heterocycles. The summed E-state index contributed by atoms with van der Waals surface area (Å²) in [7, 11) is 3.38. The molecule has 0 aromatic carbocycles. The number of guanidine groups is 2. The summed E-state index contributed by atoms with van der Waals surface area (Å²) in [5.41, 5.74) is 10.6. The molecule has 0 aromatic rings. The molecule has 0 amide bonds. The van der Waals surface area contributed by atoms with Gasteiger partial charge < -0.3 is 31.7 Å². The zero-order chi connectivity index (χ0) is 32.5. The topological polar surface area (TPSA) is 169 Å². The van der Waals surface area contributed by atoms with Crippen LogP contribution in [0.15, 0.2) is 16.6 Å².